The summed E-state index contributed by atoms with van der Waals surface area (Å²) in [5.74, 6) is 0.850. The molecule has 0 amide bonds. The number of fused-ring (bicyclic) bond motifs is 4. The fourth-order valence-electron chi connectivity index (χ4n) is 5.82. The summed E-state index contributed by atoms with van der Waals surface area (Å²) < 4.78 is 19.7. The third kappa shape index (κ3) is 2.66. The van der Waals surface area contributed by atoms with Crippen LogP contribution in [0.5, 0.6) is 5.75 Å². The minimum absolute atomic E-state index is 0.207. The summed E-state index contributed by atoms with van der Waals surface area (Å²) in [6.45, 7) is 1.90. The molecule has 0 bridgehead atoms. The molecule has 2 aromatic carbocycles. The predicted octanol–water partition coefficient (Wildman–Crippen LogP) is 3.57. The van der Waals surface area contributed by atoms with Gasteiger partial charge in [-0.05, 0) is 37.3 Å². The van der Waals surface area contributed by atoms with Crippen LogP contribution >= 0.6 is 22.9 Å². The molecule has 0 N–H and O–H groups in total. The van der Waals surface area contributed by atoms with Gasteiger partial charge in [0.05, 0.1) is 11.6 Å². The lowest BCUT2D eigenvalue weighted by Crippen LogP contribution is -2.47. The molecular weight excluding hydrogens is 500 g/mol. The Kier molecular flexibility index (Phi) is 4.34. The van der Waals surface area contributed by atoms with Gasteiger partial charge in [0.1, 0.15) is 34.8 Å². The zero-order valence-corrected chi connectivity index (χ0v) is 20.8. The molecule has 36 heavy (non-hydrogen) atoms. The molecule has 7 rings (SSSR count). The van der Waals surface area contributed by atoms with Crippen molar-refractivity contribution >= 4 is 35.0 Å². The van der Waals surface area contributed by atoms with E-state index >= 15 is 0 Å². The molecule has 0 radical (unpaired) electrons. The van der Waals surface area contributed by atoms with Crippen molar-refractivity contribution in [2.45, 2.75) is 24.1 Å². The number of para-hydroxylation sites is 1. The monoisotopic (exact) mass is 518 g/mol. The van der Waals surface area contributed by atoms with E-state index in [1.165, 1.54) is 18.4 Å². The topological polar surface area (TPSA) is 83.0 Å². The summed E-state index contributed by atoms with van der Waals surface area (Å²) in [7, 11) is 1.36. The first-order chi connectivity index (χ1) is 17.4. The Morgan fingerprint density at radius 3 is 2.83 bits per heavy atom. The highest BCUT2D eigenvalue weighted by Gasteiger charge is 2.88. The molecule has 4 heterocycles. The van der Waals surface area contributed by atoms with E-state index in [4.69, 9.17) is 30.5 Å². The molecule has 1 saturated carbocycles. The molecule has 0 saturated heterocycles. The number of thiazole rings is 1. The SMILES string of the molecule is COC(=O)[C@H]1[C@@]23Oc4ccccc4[C@H]2n2c(s/c(=C\c4ccc(-c5cccc(Cl)c5)o4)c2=O)=N[C@]13C. The van der Waals surface area contributed by atoms with E-state index in [0.29, 0.717) is 31.6 Å². The van der Waals surface area contributed by atoms with Gasteiger partial charge in [0.25, 0.3) is 5.56 Å². The van der Waals surface area contributed by atoms with Gasteiger partial charge in [-0.3, -0.25) is 14.2 Å². The first kappa shape index (κ1) is 21.6. The minimum Gasteiger partial charge on any atom is -0.481 e. The second-order valence-electron chi connectivity index (χ2n) is 9.33. The van der Waals surface area contributed by atoms with Gasteiger partial charge >= 0.3 is 5.97 Å². The quantitative estimate of drug-likeness (QED) is 0.387. The Morgan fingerprint density at radius 1 is 1.19 bits per heavy atom. The van der Waals surface area contributed by atoms with Crippen LogP contribution in [-0.4, -0.2) is 28.8 Å². The van der Waals surface area contributed by atoms with E-state index < -0.39 is 29.1 Å². The summed E-state index contributed by atoms with van der Waals surface area (Å²) in [6.07, 6.45) is 1.72. The van der Waals surface area contributed by atoms with Gasteiger partial charge < -0.3 is 13.9 Å². The molecule has 2 aromatic heterocycles. The Bertz CT molecular complexity index is 1770. The van der Waals surface area contributed by atoms with Crippen LogP contribution in [0.15, 0.2) is 74.9 Å². The summed E-state index contributed by atoms with van der Waals surface area (Å²) in [4.78, 5) is 32.0. The Labute approximate surface area is 213 Å². The van der Waals surface area contributed by atoms with Crippen LogP contribution in [-0.2, 0) is 9.53 Å². The average molecular weight is 519 g/mol. The van der Waals surface area contributed by atoms with Crippen LogP contribution in [0, 0.1) is 5.92 Å². The molecule has 3 aliphatic rings. The van der Waals surface area contributed by atoms with E-state index in [1.807, 2.05) is 61.5 Å². The number of rotatable bonds is 3. The molecule has 7 nitrogen and oxygen atoms in total. The second kappa shape index (κ2) is 7.21. The van der Waals surface area contributed by atoms with Crippen LogP contribution in [0.3, 0.4) is 0 Å². The number of carbonyl (C=O) groups is 1. The van der Waals surface area contributed by atoms with Crippen molar-refractivity contribution in [2.24, 2.45) is 10.9 Å². The number of methoxy groups -OCH3 is 1. The van der Waals surface area contributed by atoms with Crippen LogP contribution in [0.1, 0.15) is 24.3 Å². The summed E-state index contributed by atoms with van der Waals surface area (Å²) >= 11 is 7.39. The predicted molar refractivity (Wildman–Crippen MR) is 134 cm³/mol. The lowest BCUT2D eigenvalue weighted by Gasteiger charge is -2.26. The zero-order valence-electron chi connectivity index (χ0n) is 19.2. The molecule has 4 atom stereocenters. The number of hydrogen-bond donors (Lipinski definition) is 0. The normalized spacial score (nSPS) is 27.2. The largest absolute Gasteiger partial charge is 0.481 e. The fraction of sp³-hybridized carbons (Fsp3) is 0.222. The van der Waals surface area contributed by atoms with Gasteiger partial charge in [-0.25, -0.2) is 4.99 Å². The molecule has 1 fully saturated rings. The van der Waals surface area contributed by atoms with Gasteiger partial charge in [-0.2, -0.15) is 0 Å². The van der Waals surface area contributed by atoms with Crippen LogP contribution in [0.2, 0.25) is 5.02 Å². The molecule has 1 spiro atoms. The van der Waals surface area contributed by atoms with Crippen molar-refractivity contribution in [2.75, 3.05) is 7.11 Å². The Morgan fingerprint density at radius 2 is 2.03 bits per heavy atom. The number of aromatic nitrogens is 1. The average Bonchev–Trinajstić information content (AvgIpc) is 3.28. The molecule has 1 aliphatic carbocycles. The molecule has 180 valence electrons. The zero-order chi connectivity index (χ0) is 24.8. The van der Waals surface area contributed by atoms with Crippen molar-refractivity contribution in [1.82, 2.24) is 4.57 Å². The van der Waals surface area contributed by atoms with Crippen LogP contribution < -0.4 is 19.6 Å². The first-order valence-corrected chi connectivity index (χ1v) is 12.6. The number of carbonyl (C=O) groups excluding carboxylic acids is 1. The standard InChI is InChI=1S/C27H19ClN2O5S/c1-26-21(24(32)33-2)27(26)22(17-8-3-4-9-19(17)35-27)30-23(31)20(36-25(30)29-26)13-16-10-11-18(34-16)14-6-5-7-15(28)12-14/h3-13,21-22H,1-2H3/b20-13-/t21-,22-,26-,27-/m1/s1. The molecule has 4 aromatic rings. The molecule has 9 heteroatoms. The summed E-state index contributed by atoms with van der Waals surface area (Å²) in [5, 5.41) is 0.616. The van der Waals surface area contributed by atoms with Crippen molar-refractivity contribution in [3.05, 3.63) is 96.7 Å². The van der Waals surface area contributed by atoms with Gasteiger partial charge in [-0.1, -0.05) is 53.3 Å². The van der Waals surface area contributed by atoms with Gasteiger partial charge in [0.2, 0.25) is 0 Å². The molecule has 2 aliphatic heterocycles. The number of ether oxygens (including phenoxy) is 2. The smallest absolute Gasteiger partial charge is 0.315 e. The number of benzene rings is 2. The van der Waals surface area contributed by atoms with Crippen LogP contribution in [0.25, 0.3) is 17.4 Å². The lowest BCUT2D eigenvalue weighted by molar-refractivity contribution is -0.144. The fourth-order valence-corrected chi connectivity index (χ4v) is 7.09. The van der Waals surface area contributed by atoms with Crippen molar-refractivity contribution in [3.8, 4) is 17.1 Å². The number of nitrogens with zero attached hydrogens (tertiary/aromatic N) is 2. The molecular formula is C27H19ClN2O5S. The maximum absolute atomic E-state index is 13.8. The summed E-state index contributed by atoms with van der Waals surface area (Å²) in [5.41, 5.74) is -0.338. The highest BCUT2D eigenvalue weighted by atomic mass is 35.5. The number of esters is 1. The highest BCUT2D eigenvalue weighted by Crippen LogP contribution is 2.70. The van der Waals surface area contributed by atoms with Gasteiger partial charge in [0, 0.05) is 22.2 Å². The second-order valence-corrected chi connectivity index (χ2v) is 10.8. The highest BCUT2D eigenvalue weighted by molar-refractivity contribution is 7.07. The number of halogens is 1. The maximum Gasteiger partial charge on any atom is 0.315 e. The number of hydrogen-bond acceptors (Lipinski definition) is 7. The Hall–Kier alpha value is -3.62. The van der Waals surface area contributed by atoms with Crippen molar-refractivity contribution < 1.29 is 18.7 Å². The summed E-state index contributed by atoms with van der Waals surface area (Å²) in [6, 6.07) is 18.2. The number of furan rings is 1. The third-order valence-electron chi connectivity index (χ3n) is 7.47. The van der Waals surface area contributed by atoms with E-state index in [2.05, 4.69) is 0 Å². The van der Waals surface area contributed by atoms with Crippen molar-refractivity contribution in [3.63, 3.8) is 0 Å². The third-order valence-corrected chi connectivity index (χ3v) is 8.68. The van der Waals surface area contributed by atoms with Crippen molar-refractivity contribution in [1.29, 1.82) is 0 Å². The van der Waals surface area contributed by atoms with Gasteiger partial charge in [0.15, 0.2) is 10.4 Å². The van der Waals surface area contributed by atoms with E-state index in [-0.39, 0.29) is 5.56 Å². The maximum atomic E-state index is 13.8. The van der Waals surface area contributed by atoms with Crippen LogP contribution in [0.4, 0.5) is 0 Å². The Balaban J connectivity index is 1.39. The molecule has 0 unspecified atom stereocenters. The minimum atomic E-state index is -0.997. The van der Waals surface area contributed by atoms with Gasteiger partial charge in [-0.15, -0.1) is 0 Å². The first-order valence-electron chi connectivity index (χ1n) is 11.4. The lowest BCUT2D eigenvalue weighted by atomic mass is 9.97. The van der Waals surface area contributed by atoms with E-state index in [9.17, 15) is 9.59 Å². The van der Waals surface area contributed by atoms with E-state index in [1.54, 1.807) is 16.7 Å². The van der Waals surface area contributed by atoms with E-state index in [0.717, 1.165) is 11.1 Å².